The third-order valence-corrected chi connectivity index (χ3v) is 11.7. The number of rotatable bonds is 8. The first-order valence-corrected chi connectivity index (χ1v) is 19.8. The van der Waals surface area contributed by atoms with Gasteiger partial charge < -0.3 is 45.6 Å². The fourth-order valence-electron chi connectivity index (χ4n) is 8.79. The molecule has 2 aromatic heterocycles. The summed E-state index contributed by atoms with van der Waals surface area (Å²) in [5.74, 6) is 2.31. The SMILES string of the molecule is C#Cc1c(O)ccc2cc(O)cc(-c3ncc4c(N5CC6CCC(C5)N6)nc(OC5CCN(CC(=O)NC(C(=O)N6CC[C@@H](O)C6)C(C)(C)C)CC5)nc4c3O)c12. The number of terminal acetylenes is 1. The van der Waals surface area contributed by atoms with Crippen molar-refractivity contribution in [3.63, 3.8) is 0 Å². The lowest BCUT2D eigenvalue weighted by molar-refractivity contribution is -0.139. The van der Waals surface area contributed by atoms with Crippen molar-refractivity contribution in [3.8, 4) is 46.9 Å². The van der Waals surface area contributed by atoms with E-state index in [2.05, 4.69) is 26.4 Å². The number of anilines is 1. The Labute approximate surface area is 331 Å². The van der Waals surface area contributed by atoms with Gasteiger partial charge >= 0.3 is 6.01 Å². The van der Waals surface area contributed by atoms with E-state index in [1.54, 1.807) is 17.2 Å². The van der Waals surface area contributed by atoms with Gasteiger partial charge in [0.25, 0.3) is 0 Å². The molecule has 300 valence electrons. The van der Waals surface area contributed by atoms with E-state index in [4.69, 9.17) is 21.1 Å². The van der Waals surface area contributed by atoms with Gasteiger partial charge in [-0.1, -0.05) is 32.8 Å². The zero-order chi connectivity index (χ0) is 40.2. The van der Waals surface area contributed by atoms with Crippen molar-refractivity contribution in [2.75, 3.05) is 50.7 Å². The first kappa shape index (κ1) is 38.4. The minimum absolute atomic E-state index is 0.0645. The van der Waals surface area contributed by atoms with Crippen LogP contribution in [0.1, 0.15) is 58.4 Å². The molecule has 6 heterocycles. The van der Waals surface area contributed by atoms with E-state index < -0.39 is 17.6 Å². The Kier molecular flexibility index (Phi) is 10.2. The Bertz CT molecular complexity index is 2250. The molecule has 2 aromatic carbocycles. The van der Waals surface area contributed by atoms with Crippen LogP contribution in [0.2, 0.25) is 0 Å². The van der Waals surface area contributed by atoms with Gasteiger partial charge in [0.15, 0.2) is 5.75 Å². The maximum atomic E-state index is 13.3. The summed E-state index contributed by atoms with van der Waals surface area (Å²) in [6.07, 6.45) is 10.5. The number of aliphatic hydroxyl groups is 1. The van der Waals surface area contributed by atoms with E-state index in [1.165, 1.54) is 18.2 Å². The molecule has 4 fully saturated rings. The van der Waals surface area contributed by atoms with Crippen LogP contribution in [0.5, 0.6) is 23.3 Å². The summed E-state index contributed by atoms with van der Waals surface area (Å²) in [7, 11) is 0. The summed E-state index contributed by atoms with van der Waals surface area (Å²) in [5.41, 5.74) is 0.383. The number of β-amino-alcohol motifs (C(OH)–C–C–N with tert-alkyl or cyclic N) is 1. The number of piperazine rings is 1. The van der Waals surface area contributed by atoms with Crippen LogP contribution in [-0.2, 0) is 9.59 Å². The quantitative estimate of drug-likeness (QED) is 0.143. The van der Waals surface area contributed by atoms with Crippen molar-refractivity contribution >= 4 is 39.3 Å². The van der Waals surface area contributed by atoms with Gasteiger partial charge in [-0.25, -0.2) is 0 Å². The fourth-order valence-corrected chi connectivity index (χ4v) is 8.79. The van der Waals surface area contributed by atoms with Gasteiger partial charge in [0.2, 0.25) is 11.8 Å². The van der Waals surface area contributed by atoms with E-state index in [1.807, 2.05) is 25.7 Å². The number of phenols is 2. The molecule has 3 unspecified atom stereocenters. The van der Waals surface area contributed by atoms with Gasteiger partial charge in [-0.2, -0.15) is 9.97 Å². The summed E-state index contributed by atoms with van der Waals surface area (Å²) in [6, 6.07) is 6.09. The van der Waals surface area contributed by atoms with E-state index in [-0.39, 0.29) is 71.0 Å². The Morgan fingerprint density at radius 1 is 1.02 bits per heavy atom. The lowest BCUT2D eigenvalue weighted by atomic mass is 9.85. The highest BCUT2D eigenvalue weighted by molar-refractivity contribution is 6.06. The first-order valence-electron chi connectivity index (χ1n) is 19.8. The number of aromatic hydroxyl groups is 3. The molecule has 8 rings (SSSR count). The fraction of sp³-hybridized carbons (Fsp3) is 0.500. The van der Waals surface area contributed by atoms with Crippen LogP contribution in [0.4, 0.5) is 5.82 Å². The van der Waals surface area contributed by atoms with Crippen molar-refractivity contribution in [2.24, 2.45) is 5.41 Å². The largest absolute Gasteiger partial charge is 0.508 e. The number of carbonyl (C=O) groups is 2. The minimum Gasteiger partial charge on any atom is -0.508 e. The van der Waals surface area contributed by atoms with E-state index >= 15 is 0 Å². The van der Waals surface area contributed by atoms with Crippen LogP contribution in [0.25, 0.3) is 32.9 Å². The average molecular weight is 779 g/mol. The molecule has 6 N–H and O–H groups in total. The molecule has 4 aromatic rings. The monoisotopic (exact) mass is 778 g/mol. The second-order valence-electron chi connectivity index (χ2n) is 17.0. The lowest BCUT2D eigenvalue weighted by Gasteiger charge is -2.35. The number of amides is 2. The predicted molar refractivity (Wildman–Crippen MR) is 214 cm³/mol. The molecular weight excluding hydrogens is 729 g/mol. The highest BCUT2D eigenvalue weighted by Gasteiger charge is 2.39. The number of hydrogen-bond donors (Lipinski definition) is 6. The van der Waals surface area contributed by atoms with E-state index in [0.29, 0.717) is 91.6 Å². The molecule has 4 atom stereocenters. The van der Waals surface area contributed by atoms with Crippen LogP contribution >= 0.6 is 0 Å². The number of nitrogens with one attached hydrogen (secondary N) is 2. The van der Waals surface area contributed by atoms with Gasteiger partial charge in [0.1, 0.15) is 40.7 Å². The summed E-state index contributed by atoms with van der Waals surface area (Å²) in [6.45, 7) is 9.21. The maximum absolute atomic E-state index is 13.3. The number of fused-ring (bicyclic) bond motifs is 4. The van der Waals surface area contributed by atoms with Crippen LogP contribution in [0.3, 0.4) is 0 Å². The van der Waals surface area contributed by atoms with Crippen molar-refractivity contribution in [3.05, 3.63) is 36.0 Å². The van der Waals surface area contributed by atoms with E-state index in [0.717, 1.165) is 12.8 Å². The zero-order valence-corrected chi connectivity index (χ0v) is 32.5. The molecule has 57 heavy (non-hydrogen) atoms. The third-order valence-electron chi connectivity index (χ3n) is 11.7. The number of pyridine rings is 1. The second kappa shape index (κ2) is 15.1. The average Bonchev–Trinajstić information content (AvgIpc) is 3.77. The van der Waals surface area contributed by atoms with Crippen molar-refractivity contribution in [1.29, 1.82) is 0 Å². The summed E-state index contributed by atoms with van der Waals surface area (Å²) in [5, 5.41) is 51.4. The molecule has 0 aliphatic carbocycles. The molecule has 4 aliphatic heterocycles. The van der Waals surface area contributed by atoms with Gasteiger partial charge in [-0.05, 0) is 61.1 Å². The molecule has 15 nitrogen and oxygen atoms in total. The Morgan fingerprint density at radius 3 is 2.42 bits per heavy atom. The summed E-state index contributed by atoms with van der Waals surface area (Å²) < 4.78 is 6.47. The molecule has 4 aliphatic rings. The standard InChI is InChI=1S/C42H50N8O7/c1-5-29-32(53)9-6-23-16-27(52)17-30(34(23)29)35-37(55)36-31(18-43-35)39(50-19-24-7-8-25(20-50)44-24)47-41(46-36)57-28-11-13-48(14-12-28)22-33(54)45-38(42(2,3)4)40(56)49-15-10-26(51)21-49/h1,6,9,16-18,24-26,28,38,44,51-53,55H,7-8,10-15,19-22H2,2-4H3,(H,45,54)/t24?,25?,26-,38?/m1/s1. The number of phenolic OH excluding ortho intramolecular Hbond substituents is 2. The molecule has 0 saturated carbocycles. The van der Waals surface area contributed by atoms with Gasteiger partial charge in [-0.3, -0.25) is 19.5 Å². The van der Waals surface area contributed by atoms with Crippen molar-refractivity contribution in [1.82, 2.24) is 35.4 Å². The van der Waals surface area contributed by atoms with Gasteiger partial charge in [0.05, 0.1) is 23.6 Å². The number of likely N-dealkylation sites (tertiary alicyclic amines) is 2. The van der Waals surface area contributed by atoms with Gasteiger partial charge in [0, 0.05) is 68.5 Å². The Balaban J connectivity index is 1.04. The van der Waals surface area contributed by atoms with Crippen LogP contribution in [0, 0.1) is 17.8 Å². The van der Waals surface area contributed by atoms with Crippen LogP contribution in [-0.4, -0.2) is 133 Å². The lowest BCUT2D eigenvalue weighted by Crippen LogP contribution is -2.56. The minimum atomic E-state index is -0.716. The number of ether oxygens (including phenoxy) is 1. The number of nitrogens with zero attached hydrogens (tertiary/aromatic N) is 6. The maximum Gasteiger partial charge on any atom is 0.319 e. The number of benzene rings is 2. The number of aliphatic hydroxyl groups excluding tert-OH is 1. The molecule has 0 radical (unpaired) electrons. The molecule has 0 spiro atoms. The number of piperidine rings is 1. The summed E-state index contributed by atoms with van der Waals surface area (Å²) in [4.78, 5) is 46.9. The van der Waals surface area contributed by atoms with Crippen LogP contribution < -0.4 is 20.3 Å². The molecule has 15 heteroatoms. The third kappa shape index (κ3) is 7.69. The number of aromatic nitrogens is 3. The predicted octanol–water partition coefficient (Wildman–Crippen LogP) is 2.85. The highest BCUT2D eigenvalue weighted by Crippen LogP contribution is 2.43. The molecule has 2 bridgehead atoms. The summed E-state index contributed by atoms with van der Waals surface area (Å²) >= 11 is 0. The van der Waals surface area contributed by atoms with Crippen molar-refractivity contribution < 1.29 is 34.8 Å². The number of hydrogen-bond acceptors (Lipinski definition) is 13. The molecule has 2 amide bonds. The van der Waals surface area contributed by atoms with Crippen molar-refractivity contribution in [2.45, 2.75) is 83.2 Å². The highest BCUT2D eigenvalue weighted by atomic mass is 16.5. The topological polar surface area (TPSA) is 197 Å². The molecular formula is C42H50N8O7. The van der Waals surface area contributed by atoms with Crippen LogP contribution in [0.15, 0.2) is 30.5 Å². The first-order chi connectivity index (χ1) is 27.2. The smallest absolute Gasteiger partial charge is 0.319 e. The second-order valence-corrected chi connectivity index (χ2v) is 17.0. The van der Waals surface area contributed by atoms with E-state index in [9.17, 15) is 30.0 Å². The molecule has 4 saturated heterocycles. The zero-order valence-electron chi connectivity index (χ0n) is 32.5. The Morgan fingerprint density at radius 2 is 1.75 bits per heavy atom. The number of carbonyl (C=O) groups excluding carboxylic acids is 2. The van der Waals surface area contributed by atoms with Gasteiger partial charge in [-0.15, -0.1) is 6.42 Å². The Hall–Kier alpha value is -5.43. The normalized spacial score (nSPS) is 22.2.